The van der Waals surface area contributed by atoms with Gasteiger partial charge < -0.3 is 15.3 Å². The topological polar surface area (TPSA) is 52.6 Å². The Kier molecular flexibility index (Phi) is 5.91. The van der Waals surface area contributed by atoms with Crippen LogP contribution in [-0.4, -0.2) is 35.7 Å². The normalized spacial score (nSPS) is 14.3. The number of aliphatic hydroxyl groups is 1. The Morgan fingerprint density at radius 3 is 2.81 bits per heavy atom. The molecule has 2 rings (SSSR count). The fraction of sp³-hybridized carbons (Fsp3) is 0.438. The lowest BCUT2D eigenvalue weighted by atomic mass is 10.1. The number of nitrogens with zero attached hydrogens (tertiary/aromatic N) is 1. The van der Waals surface area contributed by atoms with Crippen molar-refractivity contribution < 1.29 is 9.90 Å². The smallest absolute Gasteiger partial charge is 0.321 e. The lowest BCUT2D eigenvalue weighted by Crippen LogP contribution is -2.38. The van der Waals surface area contributed by atoms with E-state index in [1.54, 1.807) is 18.2 Å². The molecule has 0 aromatic heterocycles. The van der Waals surface area contributed by atoms with Crippen LogP contribution in [0.5, 0.6) is 0 Å². The maximum atomic E-state index is 12.2. The highest BCUT2D eigenvalue weighted by molar-refractivity contribution is 6.31. The van der Waals surface area contributed by atoms with Crippen LogP contribution in [0.2, 0.25) is 5.02 Å². The van der Waals surface area contributed by atoms with E-state index in [0.717, 1.165) is 25.9 Å². The number of urea groups is 1. The molecule has 0 unspecified atom stereocenters. The van der Waals surface area contributed by atoms with Crippen molar-refractivity contribution in [3.8, 4) is 11.8 Å². The van der Waals surface area contributed by atoms with Gasteiger partial charge in [-0.25, -0.2) is 4.79 Å². The van der Waals surface area contributed by atoms with Crippen LogP contribution in [0.3, 0.4) is 0 Å². The summed E-state index contributed by atoms with van der Waals surface area (Å²) in [6, 6.07) is 5.11. The predicted octanol–water partition coefficient (Wildman–Crippen LogP) is 3.09. The maximum absolute atomic E-state index is 12.2. The number of nitrogens with one attached hydrogen (secondary N) is 1. The van der Waals surface area contributed by atoms with Crippen molar-refractivity contribution in [2.45, 2.75) is 25.7 Å². The number of halogens is 1. The highest BCUT2D eigenvalue weighted by Crippen LogP contribution is 2.21. The first-order chi connectivity index (χ1) is 10.2. The highest BCUT2D eigenvalue weighted by Gasteiger charge is 2.17. The standard InChI is InChI=1S/C16H19ClN2O2/c17-14-8-7-13(6-2-5-11-20)15(12-14)18-16(21)19-9-3-1-4-10-19/h7-8,12,20H,1,3-5,9-11H2,(H,18,21). The average molecular weight is 307 g/mol. The number of carbonyl (C=O) groups is 1. The van der Waals surface area contributed by atoms with Gasteiger partial charge in [-0.15, -0.1) is 0 Å². The highest BCUT2D eigenvalue weighted by atomic mass is 35.5. The third-order valence-electron chi connectivity index (χ3n) is 3.33. The fourth-order valence-corrected chi connectivity index (χ4v) is 2.41. The Morgan fingerprint density at radius 2 is 2.10 bits per heavy atom. The molecule has 0 aliphatic carbocycles. The minimum atomic E-state index is -0.109. The number of amides is 2. The molecule has 2 N–H and O–H groups in total. The number of benzene rings is 1. The number of hydrogen-bond donors (Lipinski definition) is 2. The first kappa shape index (κ1) is 15.7. The number of rotatable bonds is 2. The molecule has 0 atom stereocenters. The van der Waals surface area contributed by atoms with Crippen LogP contribution >= 0.6 is 11.6 Å². The van der Waals surface area contributed by atoms with E-state index in [4.69, 9.17) is 16.7 Å². The zero-order chi connectivity index (χ0) is 15.1. The van der Waals surface area contributed by atoms with Crippen LogP contribution in [0.15, 0.2) is 18.2 Å². The van der Waals surface area contributed by atoms with E-state index in [1.807, 2.05) is 4.90 Å². The van der Waals surface area contributed by atoms with Crippen molar-refractivity contribution >= 4 is 23.3 Å². The summed E-state index contributed by atoms with van der Waals surface area (Å²) < 4.78 is 0. The first-order valence-corrected chi connectivity index (χ1v) is 7.53. The van der Waals surface area contributed by atoms with Gasteiger partial charge in [-0.1, -0.05) is 23.4 Å². The molecule has 1 aromatic carbocycles. The average Bonchev–Trinajstić information content (AvgIpc) is 2.50. The Morgan fingerprint density at radius 1 is 1.33 bits per heavy atom. The van der Waals surface area contributed by atoms with Crippen LogP contribution in [-0.2, 0) is 0 Å². The van der Waals surface area contributed by atoms with E-state index >= 15 is 0 Å². The molecule has 1 heterocycles. The number of hydrogen-bond acceptors (Lipinski definition) is 2. The van der Waals surface area contributed by atoms with Gasteiger partial charge in [0.1, 0.15) is 0 Å². The quantitative estimate of drug-likeness (QED) is 0.825. The molecule has 1 fully saturated rings. The molecule has 4 nitrogen and oxygen atoms in total. The van der Waals surface area contributed by atoms with Crippen LogP contribution in [0.25, 0.3) is 0 Å². The summed E-state index contributed by atoms with van der Waals surface area (Å²) in [5.74, 6) is 5.80. The van der Waals surface area contributed by atoms with Gasteiger partial charge in [0, 0.05) is 30.1 Å². The molecule has 112 valence electrons. The molecule has 2 amide bonds. The van der Waals surface area contributed by atoms with Gasteiger partial charge in [-0.2, -0.15) is 0 Å². The third kappa shape index (κ3) is 4.66. The molecule has 0 bridgehead atoms. The molecule has 0 spiro atoms. The van der Waals surface area contributed by atoms with Crippen LogP contribution < -0.4 is 5.32 Å². The number of carbonyl (C=O) groups excluding carboxylic acids is 1. The van der Waals surface area contributed by atoms with Crippen molar-refractivity contribution in [3.63, 3.8) is 0 Å². The van der Waals surface area contributed by atoms with E-state index in [2.05, 4.69) is 17.2 Å². The monoisotopic (exact) mass is 306 g/mol. The second-order valence-corrected chi connectivity index (χ2v) is 5.38. The molecule has 1 aromatic rings. The van der Waals surface area contributed by atoms with Gasteiger partial charge in [0.05, 0.1) is 12.3 Å². The molecule has 0 saturated carbocycles. The Labute approximate surface area is 130 Å². The van der Waals surface area contributed by atoms with Gasteiger partial charge in [0.15, 0.2) is 0 Å². The van der Waals surface area contributed by atoms with Crippen molar-refractivity contribution in [2.24, 2.45) is 0 Å². The number of piperidine rings is 1. The van der Waals surface area contributed by atoms with Crippen LogP contribution in [0.1, 0.15) is 31.2 Å². The minimum absolute atomic E-state index is 0.0239. The molecule has 0 radical (unpaired) electrons. The Balaban J connectivity index is 2.12. The Hall–Kier alpha value is -1.70. The van der Waals surface area contributed by atoms with Crippen LogP contribution in [0, 0.1) is 11.8 Å². The van der Waals surface area contributed by atoms with Crippen molar-refractivity contribution in [1.29, 1.82) is 0 Å². The van der Waals surface area contributed by atoms with Crippen molar-refractivity contribution in [1.82, 2.24) is 4.90 Å². The lowest BCUT2D eigenvalue weighted by Gasteiger charge is -2.27. The molecule has 1 aliphatic heterocycles. The molecule has 21 heavy (non-hydrogen) atoms. The molecular formula is C16H19ClN2O2. The second-order valence-electron chi connectivity index (χ2n) is 4.94. The van der Waals surface area contributed by atoms with Gasteiger partial charge in [0.2, 0.25) is 0 Å². The van der Waals surface area contributed by atoms with Gasteiger partial charge >= 0.3 is 6.03 Å². The van der Waals surface area contributed by atoms with Crippen molar-refractivity contribution in [3.05, 3.63) is 28.8 Å². The molecule has 5 heteroatoms. The number of likely N-dealkylation sites (tertiary alicyclic amines) is 1. The second kappa shape index (κ2) is 7.92. The fourth-order valence-electron chi connectivity index (χ4n) is 2.23. The summed E-state index contributed by atoms with van der Waals surface area (Å²) in [6.07, 6.45) is 3.68. The van der Waals surface area contributed by atoms with E-state index in [1.165, 1.54) is 6.42 Å². The summed E-state index contributed by atoms with van der Waals surface area (Å²) in [5.41, 5.74) is 1.32. The summed E-state index contributed by atoms with van der Waals surface area (Å²) in [7, 11) is 0. The zero-order valence-electron chi connectivity index (χ0n) is 11.9. The van der Waals surface area contributed by atoms with Gasteiger partial charge in [0.25, 0.3) is 0 Å². The largest absolute Gasteiger partial charge is 0.395 e. The SMILES string of the molecule is O=C(Nc1cc(Cl)ccc1C#CCCO)N1CCCCC1. The Bertz CT molecular complexity index is 557. The van der Waals surface area contributed by atoms with E-state index in [0.29, 0.717) is 22.7 Å². The van der Waals surface area contributed by atoms with E-state index in [-0.39, 0.29) is 12.6 Å². The number of aliphatic hydroxyl groups excluding tert-OH is 1. The molecule has 1 aliphatic rings. The van der Waals surface area contributed by atoms with E-state index < -0.39 is 0 Å². The predicted molar refractivity (Wildman–Crippen MR) is 84.5 cm³/mol. The summed E-state index contributed by atoms with van der Waals surface area (Å²) in [6.45, 7) is 1.60. The van der Waals surface area contributed by atoms with Crippen LogP contribution in [0.4, 0.5) is 10.5 Å². The van der Waals surface area contributed by atoms with Crippen molar-refractivity contribution in [2.75, 3.05) is 25.0 Å². The molecule has 1 saturated heterocycles. The minimum Gasteiger partial charge on any atom is -0.395 e. The van der Waals surface area contributed by atoms with E-state index in [9.17, 15) is 4.79 Å². The number of anilines is 1. The molecular weight excluding hydrogens is 288 g/mol. The maximum Gasteiger partial charge on any atom is 0.321 e. The summed E-state index contributed by atoms with van der Waals surface area (Å²) in [5, 5.41) is 12.2. The van der Waals surface area contributed by atoms with Gasteiger partial charge in [-0.05, 0) is 37.5 Å². The lowest BCUT2D eigenvalue weighted by molar-refractivity contribution is 0.200. The first-order valence-electron chi connectivity index (χ1n) is 7.16. The summed E-state index contributed by atoms with van der Waals surface area (Å²) in [4.78, 5) is 14.1. The zero-order valence-corrected chi connectivity index (χ0v) is 12.6. The third-order valence-corrected chi connectivity index (χ3v) is 3.56. The summed E-state index contributed by atoms with van der Waals surface area (Å²) >= 11 is 5.99. The van der Waals surface area contributed by atoms with Gasteiger partial charge in [-0.3, -0.25) is 0 Å².